The molecule has 1 N–H and O–H groups in total. The maximum absolute atomic E-state index is 6.01. The van der Waals surface area contributed by atoms with Crippen LogP contribution in [0.25, 0.3) is 0 Å². The van der Waals surface area contributed by atoms with Crippen LogP contribution in [0.3, 0.4) is 0 Å². The lowest BCUT2D eigenvalue weighted by Gasteiger charge is -2.38. The van der Waals surface area contributed by atoms with Gasteiger partial charge in [0.25, 0.3) is 0 Å². The maximum atomic E-state index is 6.01. The number of hydrogen-bond donors (Lipinski definition) is 1. The van der Waals surface area contributed by atoms with Crippen LogP contribution in [0.15, 0.2) is 24.3 Å². The van der Waals surface area contributed by atoms with Crippen molar-refractivity contribution in [2.24, 2.45) is 0 Å². The van der Waals surface area contributed by atoms with Crippen molar-refractivity contribution in [2.45, 2.75) is 38.2 Å². The van der Waals surface area contributed by atoms with Gasteiger partial charge in [-0.25, -0.2) is 0 Å². The van der Waals surface area contributed by atoms with Crippen molar-refractivity contribution in [3.05, 3.63) is 29.8 Å². The second-order valence-electron chi connectivity index (χ2n) is 5.47. The van der Waals surface area contributed by atoms with Crippen LogP contribution in [0.2, 0.25) is 0 Å². The van der Waals surface area contributed by atoms with Gasteiger partial charge in [-0.3, -0.25) is 0 Å². The molecule has 0 saturated heterocycles. The zero-order valence-electron chi connectivity index (χ0n) is 12.1. The molecule has 1 aliphatic heterocycles. The lowest BCUT2D eigenvalue weighted by Crippen LogP contribution is -2.41. The molecule has 1 aliphatic rings. The van der Waals surface area contributed by atoms with Crippen molar-refractivity contribution in [3.63, 3.8) is 0 Å². The van der Waals surface area contributed by atoms with Crippen molar-refractivity contribution < 1.29 is 14.2 Å². The molecule has 4 heteroatoms. The Morgan fingerprint density at radius 2 is 2.00 bits per heavy atom. The highest BCUT2D eigenvalue weighted by atomic mass is 16.7. The fraction of sp³-hybridized carbons (Fsp3) is 0.600. The SMILES string of the molecule is COC(CNC1CC(C)(C)Oc2ccccc21)OC. The summed E-state index contributed by atoms with van der Waals surface area (Å²) in [7, 11) is 3.30. The highest BCUT2D eigenvalue weighted by Crippen LogP contribution is 2.39. The molecule has 1 atom stereocenters. The minimum absolute atomic E-state index is 0.165. The largest absolute Gasteiger partial charge is 0.487 e. The first-order valence-corrected chi connectivity index (χ1v) is 6.62. The first-order valence-electron chi connectivity index (χ1n) is 6.62. The van der Waals surface area contributed by atoms with Crippen LogP contribution in [0, 0.1) is 0 Å². The summed E-state index contributed by atoms with van der Waals surface area (Å²) in [6.45, 7) is 4.88. The molecule has 1 aromatic rings. The third-order valence-electron chi connectivity index (χ3n) is 3.43. The topological polar surface area (TPSA) is 39.7 Å². The van der Waals surface area contributed by atoms with Gasteiger partial charge in [0.1, 0.15) is 11.4 Å². The molecule has 0 amide bonds. The number of para-hydroxylation sites is 1. The number of ether oxygens (including phenoxy) is 3. The Balaban J connectivity index is 2.11. The number of nitrogens with one attached hydrogen (secondary N) is 1. The summed E-state index contributed by atoms with van der Waals surface area (Å²) >= 11 is 0. The summed E-state index contributed by atoms with van der Waals surface area (Å²) in [6.07, 6.45) is 0.697. The first-order chi connectivity index (χ1) is 9.05. The van der Waals surface area contributed by atoms with E-state index in [1.807, 2.05) is 18.2 Å². The van der Waals surface area contributed by atoms with E-state index in [-0.39, 0.29) is 17.9 Å². The average Bonchev–Trinajstić information content (AvgIpc) is 2.38. The highest BCUT2D eigenvalue weighted by molar-refractivity contribution is 5.38. The molecule has 1 heterocycles. The van der Waals surface area contributed by atoms with Crippen LogP contribution < -0.4 is 10.1 Å². The highest BCUT2D eigenvalue weighted by Gasteiger charge is 2.33. The average molecular weight is 265 g/mol. The van der Waals surface area contributed by atoms with Crippen LogP contribution in [0.5, 0.6) is 5.75 Å². The summed E-state index contributed by atoms with van der Waals surface area (Å²) in [5.74, 6) is 0.961. The fourth-order valence-electron chi connectivity index (χ4n) is 2.49. The first kappa shape index (κ1) is 14.3. The van der Waals surface area contributed by atoms with Crippen molar-refractivity contribution in [1.29, 1.82) is 0 Å². The Morgan fingerprint density at radius 3 is 2.68 bits per heavy atom. The van der Waals surface area contributed by atoms with E-state index in [4.69, 9.17) is 14.2 Å². The lowest BCUT2D eigenvalue weighted by atomic mass is 9.90. The van der Waals surface area contributed by atoms with Gasteiger partial charge < -0.3 is 19.5 Å². The van der Waals surface area contributed by atoms with Crippen LogP contribution >= 0.6 is 0 Å². The van der Waals surface area contributed by atoms with Gasteiger partial charge in [-0.2, -0.15) is 0 Å². The predicted octanol–water partition coefficient (Wildman–Crippen LogP) is 2.50. The molecule has 0 bridgehead atoms. The van der Waals surface area contributed by atoms with E-state index in [1.165, 1.54) is 5.56 Å². The Morgan fingerprint density at radius 1 is 1.32 bits per heavy atom. The molecule has 1 aromatic carbocycles. The van der Waals surface area contributed by atoms with E-state index >= 15 is 0 Å². The second-order valence-corrected chi connectivity index (χ2v) is 5.47. The van der Waals surface area contributed by atoms with Crippen molar-refractivity contribution in [1.82, 2.24) is 5.32 Å². The molecule has 0 aliphatic carbocycles. The number of hydrogen-bond acceptors (Lipinski definition) is 4. The van der Waals surface area contributed by atoms with Gasteiger partial charge in [0.2, 0.25) is 0 Å². The standard InChI is InChI=1S/C15H23NO3/c1-15(2)9-12(16-10-14(17-3)18-4)11-7-5-6-8-13(11)19-15/h5-8,12,14,16H,9-10H2,1-4H3. The van der Waals surface area contributed by atoms with Crippen LogP contribution in [0.1, 0.15) is 31.9 Å². The summed E-state index contributed by atoms with van der Waals surface area (Å²) < 4.78 is 16.4. The Kier molecular flexibility index (Phi) is 4.45. The molecule has 0 saturated carbocycles. The minimum atomic E-state index is -0.224. The lowest BCUT2D eigenvalue weighted by molar-refractivity contribution is -0.101. The predicted molar refractivity (Wildman–Crippen MR) is 74.3 cm³/mol. The number of fused-ring (bicyclic) bond motifs is 1. The summed E-state index contributed by atoms with van der Waals surface area (Å²) in [6, 6.07) is 8.43. The zero-order chi connectivity index (χ0) is 13.9. The van der Waals surface area contributed by atoms with Gasteiger partial charge >= 0.3 is 0 Å². The van der Waals surface area contributed by atoms with Crippen molar-refractivity contribution in [2.75, 3.05) is 20.8 Å². The quantitative estimate of drug-likeness (QED) is 0.830. The molecule has 0 spiro atoms. The van der Waals surface area contributed by atoms with Crippen LogP contribution in [-0.2, 0) is 9.47 Å². The van der Waals surface area contributed by atoms with Crippen LogP contribution in [-0.4, -0.2) is 32.7 Å². The van der Waals surface area contributed by atoms with E-state index in [0.717, 1.165) is 12.2 Å². The number of rotatable bonds is 5. The molecular formula is C15H23NO3. The van der Waals surface area contributed by atoms with Gasteiger partial charge in [-0.1, -0.05) is 18.2 Å². The van der Waals surface area contributed by atoms with Crippen molar-refractivity contribution in [3.8, 4) is 5.75 Å². The minimum Gasteiger partial charge on any atom is -0.487 e. The molecule has 1 unspecified atom stereocenters. The van der Waals surface area contributed by atoms with Gasteiger partial charge in [0.05, 0.1) is 0 Å². The van der Waals surface area contributed by atoms with E-state index in [1.54, 1.807) is 14.2 Å². The van der Waals surface area contributed by atoms with E-state index in [9.17, 15) is 0 Å². The third-order valence-corrected chi connectivity index (χ3v) is 3.43. The smallest absolute Gasteiger partial charge is 0.169 e. The molecule has 106 valence electrons. The summed E-state index contributed by atoms with van der Waals surface area (Å²) in [4.78, 5) is 0. The second kappa shape index (κ2) is 5.90. The summed E-state index contributed by atoms with van der Waals surface area (Å²) in [5, 5.41) is 3.51. The van der Waals surface area contributed by atoms with E-state index in [2.05, 4.69) is 25.2 Å². The molecule has 0 fully saturated rings. The molecular weight excluding hydrogens is 242 g/mol. The van der Waals surface area contributed by atoms with E-state index < -0.39 is 0 Å². The molecule has 0 aromatic heterocycles. The van der Waals surface area contributed by atoms with Gasteiger partial charge in [0, 0.05) is 38.8 Å². The zero-order valence-corrected chi connectivity index (χ0v) is 12.1. The van der Waals surface area contributed by atoms with Crippen LogP contribution in [0.4, 0.5) is 0 Å². The van der Waals surface area contributed by atoms with Crippen molar-refractivity contribution >= 4 is 0 Å². The fourth-order valence-corrected chi connectivity index (χ4v) is 2.49. The molecule has 19 heavy (non-hydrogen) atoms. The maximum Gasteiger partial charge on any atom is 0.169 e. The normalized spacial score (nSPS) is 21.0. The van der Waals surface area contributed by atoms with E-state index in [0.29, 0.717) is 6.54 Å². The van der Waals surface area contributed by atoms with Gasteiger partial charge in [-0.05, 0) is 19.9 Å². The van der Waals surface area contributed by atoms with Gasteiger partial charge in [-0.15, -0.1) is 0 Å². The Hall–Kier alpha value is -1.10. The summed E-state index contributed by atoms with van der Waals surface area (Å²) in [5.41, 5.74) is 1.04. The molecule has 4 nitrogen and oxygen atoms in total. The van der Waals surface area contributed by atoms with Gasteiger partial charge in [0.15, 0.2) is 6.29 Å². The molecule has 0 radical (unpaired) electrons. The molecule has 2 rings (SSSR count). The third kappa shape index (κ3) is 3.47. The monoisotopic (exact) mass is 265 g/mol. The Bertz CT molecular complexity index is 416. The number of methoxy groups -OCH3 is 2. The number of benzene rings is 1. The Labute approximate surface area is 115 Å².